The molecular formula is C26H42O3. The summed E-state index contributed by atoms with van der Waals surface area (Å²) in [6.45, 7) is 4.63. The van der Waals surface area contributed by atoms with Crippen molar-refractivity contribution in [1.82, 2.24) is 0 Å². The van der Waals surface area contributed by atoms with Crippen LogP contribution < -0.4 is 4.74 Å². The number of hydrogen-bond donors (Lipinski definition) is 1. The molecule has 0 fully saturated rings. The van der Waals surface area contributed by atoms with Crippen LogP contribution in [0.5, 0.6) is 5.75 Å². The second kappa shape index (κ2) is 17.1. The molecule has 0 heterocycles. The Morgan fingerprint density at radius 3 is 1.69 bits per heavy atom. The molecule has 0 spiro atoms. The molecule has 164 valence electrons. The average molecular weight is 403 g/mol. The van der Waals surface area contributed by atoms with Gasteiger partial charge < -0.3 is 9.84 Å². The summed E-state index contributed by atoms with van der Waals surface area (Å²) in [6, 6.07) is 7.61. The lowest BCUT2D eigenvalue weighted by Gasteiger charge is -2.07. The Balaban J connectivity index is 1.93. The number of carbonyl (C=O) groups is 1. The highest BCUT2D eigenvalue weighted by Gasteiger charge is 2.00. The number of aliphatic carboxylic acids is 1. The molecule has 29 heavy (non-hydrogen) atoms. The van der Waals surface area contributed by atoms with Crippen molar-refractivity contribution in [2.45, 2.75) is 104 Å². The summed E-state index contributed by atoms with van der Waals surface area (Å²) < 4.78 is 5.78. The van der Waals surface area contributed by atoms with Gasteiger partial charge in [-0.05, 0) is 37.1 Å². The van der Waals surface area contributed by atoms with Crippen molar-refractivity contribution < 1.29 is 14.6 Å². The van der Waals surface area contributed by atoms with E-state index >= 15 is 0 Å². The van der Waals surface area contributed by atoms with Gasteiger partial charge >= 0.3 is 5.97 Å². The van der Waals surface area contributed by atoms with Gasteiger partial charge in [-0.3, -0.25) is 0 Å². The molecule has 1 aromatic rings. The van der Waals surface area contributed by atoms with Crippen LogP contribution in [0.3, 0.4) is 0 Å². The van der Waals surface area contributed by atoms with E-state index in [1.807, 2.05) is 24.3 Å². The third-order valence-corrected chi connectivity index (χ3v) is 5.37. The fourth-order valence-electron chi connectivity index (χ4n) is 3.46. The highest BCUT2D eigenvalue weighted by molar-refractivity contribution is 5.91. The van der Waals surface area contributed by atoms with E-state index in [1.165, 1.54) is 83.5 Å². The highest BCUT2D eigenvalue weighted by Crippen LogP contribution is 2.16. The van der Waals surface area contributed by atoms with Crippen LogP contribution in [-0.4, -0.2) is 17.7 Å². The SMILES string of the molecule is CCCCCCCCCCCCCCCCOc1ccc(C=C(C)C(=O)O)cc1. The Morgan fingerprint density at radius 1 is 0.793 bits per heavy atom. The first-order valence-electron chi connectivity index (χ1n) is 11.8. The van der Waals surface area contributed by atoms with Crippen LogP contribution in [0.1, 0.15) is 109 Å². The summed E-state index contributed by atoms with van der Waals surface area (Å²) in [6.07, 6.45) is 20.7. The molecule has 0 saturated heterocycles. The molecule has 3 nitrogen and oxygen atoms in total. The summed E-state index contributed by atoms with van der Waals surface area (Å²) in [5, 5.41) is 8.91. The van der Waals surface area contributed by atoms with E-state index in [0.29, 0.717) is 5.57 Å². The molecule has 1 rings (SSSR count). The molecule has 0 aliphatic rings. The Labute approximate surface area is 178 Å². The van der Waals surface area contributed by atoms with Crippen molar-refractivity contribution in [3.63, 3.8) is 0 Å². The number of hydrogen-bond acceptors (Lipinski definition) is 2. The molecule has 0 radical (unpaired) electrons. The lowest BCUT2D eigenvalue weighted by atomic mass is 10.0. The minimum absolute atomic E-state index is 0.334. The van der Waals surface area contributed by atoms with E-state index < -0.39 is 5.97 Å². The van der Waals surface area contributed by atoms with Gasteiger partial charge in [0.15, 0.2) is 0 Å². The van der Waals surface area contributed by atoms with E-state index in [2.05, 4.69) is 6.92 Å². The predicted molar refractivity (Wildman–Crippen MR) is 124 cm³/mol. The number of rotatable bonds is 18. The van der Waals surface area contributed by atoms with Gasteiger partial charge in [-0.25, -0.2) is 4.79 Å². The van der Waals surface area contributed by atoms with E-state index in [0.717, 1.165) is 24.3 Å². The number of benzene rings is 1. The predicted octanol–water partition coefficient (Wildman–Crippen LogP) is 8.03. The van der Waals surface area contributed by atoms with Crippen molar-refractivity contribution in [3.8, 4) is 5.75 Å². The third-order valence-electron chi connectivity index (χ3n) is 5.37. The molecule has 0 aromatic heterocycles. The molecule has 0 saturated carbocycles. The zero-order chi connectivity index (χ0) is 21.2. The summed E-state index contributed by atoms with van der Waals surface area (Å²) in [5.74, 6) is -0.0343. The van der Waals surface area contributed by atoms with Crippen molar-refractivity contribution in [3.05, 3.63) is 35.4 Å². The van der Waals surface area contributed by atoms with Crippen LogP contribution in [0, 0.1) is 0 Å². The van der Waals surface area contributed by atoms with Gasteiger partial charge in [0.2, 0.25) is 0 Å². The van der Waals surface area contributed by atoms with E-state index in [-0.39, 0.29) is 0 Å². The zero-order valence-corrected chi connectivity index (χ0v) is 18.8. The van der Waals surface area contributed by atoms with Gasteiger partial charge in [0.05, 0.1) is 6.61 Å². The standard InChI is InChI=1S/C26H42O3/c1-3-4-5-6-7-8-9-10-11-12-13-14-15-16-21-29-25-19-17-24(18-20-25)22-23(2)26(27)28/h17-20,22H,3-16,21H2,1-2H3,(H,27,28). The normalized spacial score (nSPS) is 11.6. The monoisotopic (exact) mass is 402 g/mol. The third kappa shape index (κ3) is 13.9. The van der Waals surface area contributed by atoms with E-state index in [1.54, 1.807) is 13.0 Å². The fraction of sp³-hybridized carbons (Fsp3) is 0.654. The number of ether oxygens (including phenoxy) is 1. The Kier molecular flexibility index (Phi) is 14.9. The molecule has 0 unspecified atom stereocenters. The molecule has 0 amide bonds. The minimum Gasteiger partial charge on any atom is -0.494 e. The Hall–Kier alpha value is -1.77. The van der Waals surface area contributed by atoms with Crippen molar-refractivity contribution in [1.29, 1.82) is 0 Å². The first-order valence-corrected chi connectivity index (χ1v) is 11.8. The lowest BCUT2D eigenvalue weighted by Crippen LogP contribution is -1.97. The van der Waals surface area contributed by atoms with Crippen molar-refractivity contribution in [2.24, 2.45) is 0 Å². The van der Waals surface area contributed by atoms with Crippen LogP contribution in [0.15, 0.2) is 29.8 Å². The van der Waals surface area contributed by atoms with Gasteiger partial charge in [0, 0.05) is 5.57 Å². The maximum Gasteiger partial charge on any atom is 0.331 e. The summed E-state index contributed by atoms with van der Waals surface area (Å²) in [4.78, 5) is 10.8. The maximum absolute atomic E-state index is 10.8. The molecule has 0 aliphatic heterocycles. The average Bonchev–Trinajstić information content (AvgIpc) is 2.72. The number of carboxylic acid groups (broad SMARTS) is 1. The summed E-state index contributed by atoms with van der Waals surface area (Å²) in [5.41, 5.74) is 1.22. The summed E-state index contributed by atoms with van der Waals surface area (Å²) >= 11 is 0. The first-order chi connectivity index (χ1) is 14.1. The number of carboxylic acids is 1. The van der Waals surface area contributed by atoms with Crippen LogP contribution in [0.2, 0.25) is 0 Å². The molecule has 1 aromatic carbocycles. The second-order valence-corrected chi connectivity index (χ2v) is 8.15. The molecule has 0 aliphatic carbocycles. The smallest absolute Gasteiger partial charge is 0.331 e. The topological polar surface area (TPSA) is 46.5 Å². The van der Waals surface area contributed by atoms with Crippen LogP contribution in [-0.2, 0) is 4.79 Å². The number of unbranched alkanes of at least 4 members (excludes halogenated alkanes) is 13. The van der Waals surface area contributed by atoms with Crippen molar-refractivity contribution >= 4 is 12.0 Å². The molecule has 1 N–H and O–H groups in total. The highest BCUT2D eigenvalue weighted by atomic mass is 16.5. The molecule has 3 heteroatoms. The Morgan fingerprint density at radius 2 is 1.24 bits per heavy atom. The van der Waals surface area contributed by atoms with Crippen LogP contribution >= 0.6 is 0 Å². The Bertz CT molecular complexity index is 560. The summed E-state index contributed by atoms with van der Waals surface area (Å²) in [7, 11) is 0. The zero-order valence-electron chi connectivity index (χ0n) is 18.8. The second-order valence-electron chi connectivity index (χ2n) is 8.15. The largest absolute Gasteiger partial charge is 0.494 e. The van der Waals surface area contributed by atoms with Gasteiger partial charge in [0.25, 0.3) is 0 Å². The first kappa shape index (κ1) is 25.3. The quantitative estimate of drug-likeness (QED) is 0.200. The fourth-order valence-corrected chi connectivity index (χ4v) is 3.46. The lowest BCUT2D eigenvalue weighted by molar-refractivity contribution is -0.132. The van der Waals surface area contributed by atoms with Gasteiger partial charge in [0.1, 0.15) is 5.75 Å². The molecular weight excluding hydrogens is 360 g/mol. The molecule has 0 atom stereocenters. The van der Waals surface area contributed by atoms with Crippen LogP contribution in [0.4, 0.5) is 0 Å². The van der Waals surface area contributed by atoms with E-state index in [4.69, 9.17) is 9.84 Å². The maximum atomic E-state index is 10.8. The molecule has 0 bridgehead atoms. The van der Waals surface area contributed by atoms with Crippen molar-refractivity contribution in [2.75, 3.05) is 6.61 Å². The van der Waals surface area contributed by atoms with Gasteiger partial charge in [-0.2, -0.15) is 0 Å². The van der Waals surface area contributed by atoms with Gasteiger partial charge in [-0.15, -0.1) is 0 Å². The minimum atomic E-state index is -0.886. The van der Waals surface area contributed by atoms with Crippen LogP contribution in [0.25, 0.3) is 6.08 Å². The van der Waals surface area contributed by atoms with E-state index in [9.17, 15) is 4.79 Å². The van der Waals surface area contributed by atoms with Gasteiger partial charge in [-0.1, -0.05) is 103 Å².